The Morgan fingerprint density at radius 3 is 1.76 bits per heavy atom. The van der Waals surface area contributed by atoms with E-state index in [1.165, 1.54) is 95.5 Å². The number of aromatic nitrogens is 3. The highest BCUT2D eigenvalue weighted by molar-refractivity contribution is 5.66. The molecule has 0 aliphatic carbocycles. The Hall–Kier alpha value is -2.17. The van der Waals surface area contributed by atoms with Crippen molar-refractivity contribution in [1.29, 1.82) is 0 Å². The van der Waals surface area contributed by atoms with E-state index >= 15 is 0 Å². The van der Waals surface area contributed by atoms with Crippen molar-refractivity contribution in [2.75, 3.05) is 0 Å². The molecule has 0 unspecified atom stereocenters. The van der Waals surface area contributed by atoms with Crippen LogP contribution in [-0.4, -0.2) is 26.1 Å². The summed E-state index contributed by atoms with van der Waals surface area (Å²) in [5.74, 6) is -0.661. The molecule has 1 N–H and O–H groups in total. The van der Waals surface area contributed by atoms with Gasteiger partial charge in [-0.1, -0.05) is 113 Å². The van der Waals surface area contributed by atoms with Crippen LogP contribution in [0.3, 0.4) is 0 Å². The van der Waals surface area contributed by atoms with Crippen LogP contribution in [0.1, 0.15) is 120 Å². The number of aliphatic carboxylic acids is 1. The number of rotatable bonds is 20. The number of hydrogen-bond donors (Lipinski definition) is 1. The number of benzene rings is 1. The number of carboxylic acids is 1. The van der Waals surface area contributed by atoms with Crippen molar-refractivity contribution >= 4 is 5.97 Å². The largest absolute Gasteiger partial charge is 0.481 e. The van der Waals surface area contributed by atoms with Crippen LogP contribution in [0.5, 0.6) is 0 Å². The Morgan fingerprint density at radius 2 is 1.24 bits per heavy atom. The third-order valence-electron chi connectivity index (χ3n) is 6.48. The molecule has 1 heterocycles. The molecule has 5 heteroatoms. The SMILES string of the molecule is Cc1ccccc1-n1cc(CCCCCCCCCCCCCCCCCCC(=O)O)nn1. The minimum atomic E-state index is -0.661. The highest BCUT2D eigenvalue weighted by Crippen LogP contribution is 2.16. The van der Waals surface area contributed by atoms with Crippen LogP contribution < -0.4 is 0 Å². The fourth-order valence-electron chi connectivity index (χ4n) is 4.41. The van der Waals surface area contributed by atoms with Crippen LogP contribution in [-0.2, 0) is 11.2 Å². The van der Waals surface area contributed by atoms with Gasteiger partial charge in [0.2, 0.25) is 0 Å². The molecule has 1 aromatic heterocycles. The van der Waals surface area contributed by atoms with Crippen molar-refractivity contribution in [2.45, 2.75) is 122 Å². The quantitative estimate of drug-likeness (QED) is 0.206. The van der Waals surface area contributed by atoms with E-state index in [9.17, 15) is 4.79 Å². The molecule has 2 rings (SSSR count). The Morgan fingerprint density at radius 1 is 0.758 bits per heavy atom. The molecule has 0 atom stereocenters. The van der Waals surface area contributed by atoms with E-state index in [2.05, 4.69) is 41.6 Å². The number of carbonyl (C=O) groups is 1. The molecule has 0 aliphatic rings. The predicted octanol–water partition coefficient (Wildman–Crippen LogP) is 7.83. The van der Waals surface area contributed by atoms with Gasteiger partial charge in [0, 0.05) is 6.42 Å². The van der Waals surface area contributed by atoms with Crippen molar-refractivity contribution in [1.82, 2.24) is 15.0 Å². The van der Waals surface area contributed by atoms with Crippen LogP contribution in [0.4, 0.5) is 0 Å². The topological polar surface area (TPSA) is 68.0 Å². The lowest BCUT2D eigenvalue weighted by molar-refractivity contribution is -0.137. The average Bonchev–Trinajstić information content (AvgIpc) is 3.27. The van der Waals surface area contributed by atoms with Gasteiger partial charge in [-0.3, -0.25) is 4.79 Å². The van der Waals surface area contributed by atoms with Gasteiger partial charge in [0.15, 0.2) is 0 Å². The Kier molecular flexibility index (Phi) is 14.2. The normalized spacial score (nSPS) is 11.2. The van der Waals surface area contributed by atoms with E-state index in [-0.39, 0.29) is 0 Å². The Bertz CT molecular complexity index is 772. The summed E-state index contributed by atoms with van der Waals surface area (Å²) in [5.41, 5.74) is 3.42. The maximum atomic E-state index is 10.5. The minimum Gasteiger partial charge on any atom is -0.481 e. The van der Waals surface area contributed by atoms with Crippen molar-refractivity contribution in [3.8, 4) is 5.69 Å². The number of para-hydroxylation sites is 1. The Balaban J connectivity index is 1.33. The zero-order chi connectivity index (χ0) is 23.6. The van der Waals surface area contributed by atoms with E-state index in [1.54, 1.807) is 0 Å². The van der Waals surface area contributed by atoms with Crippen LogP contribution >= 0.6 is 0 Å². The Labute approximate surface area is 201 Å². The molecule has 0 bridgehead atoms. The molecule has 0 radical (unpaired) electrons. The fourth-order valence-corrected chi connectivity index (χ4v) is 4.41. The van der Waals surface area contributed by atoms with E-state index in [0.29, 0.717) is 6.42 Å². The molecule has 184 valence electrons. The molecule has 0 fully saturated rings. The summed E-state index contributed by atoms with van der Waals surface area (Å²) in [4.78, 5) is 10.5. The van der Waals surface area contributed by atoms with Crippen LogP contribution in [0.15, 0.2) is 30.5 Å². The summed E-state index contributed by atoms with van der Waals surface area (Å²) in [7, 11) is 0. The van der Waals surface area contributed by atoms with Gasteiger partial charge < -0.3 is 5.11 Å². The van der Waals surface area contributed by atoms with Gasteiger partial charge in [0.05, 0.1) is 17.6 Å². The second-order valence-corrected chi connectivity index (χ2v) is 9.49. The third kappa shape index (κ3) is 12.6. The summed E-state index contributed by atoms with van der Waals surface area (Å²) in [6.07, 6.45) is 23.9. The lowest BCUT2D eigenvalue weighted by Crippen LogP contribution is -1.97. The minimum absolute atomic E-state index is 0.332. The number of unbranched alkanes of at least 4 members (excludes halogenated alkanes) is 15. The first-order valence-corrected chi connectivity index (χ1v) is 13.4. The van der Waals surface area contributed by atoms with Gasteiger partial charge in [-0.2, -0.15) is 0 Å². The summed E-state index contributed by atoms with van der Waals surface area (Å²) >= 11 is 0. The second-order valence-electron chi connectivity index (χ2n) is 9.49. The summed E-state index contributed by atoms with van der Waals surface area (Å²) < 4.78 is 1.90. The fraction of sp³-hybridized carbons (Fsp3) is 0.679. The van der Waals surface area contributed by atoms with Crippen LogP contribution in [0.2, 0.25) is 0 Å². The summed E-state index contributed by atoms with van der Waals surface area (Å²) in [5, 5.41) is 17.3. The zero-order valence-corrected chi connectivity index (χ0v) is 20.8. The second kappa shape index (κ2) is 17.3. The standard InChI is InChI=1S/C28H45N3O2/c1-25-20-18-19-22-27(25)31-24-26(29-30-31)21-16-14-12-10-8-6-4-2-3-5-7-9-11-13-15-17-23-28(32)33/h18-20,22,24H,2-17,21,23H2,1H3,(H,32,33). The van der Waals surface area contributed by atoms with Crippen LogP contribution in [0.25, 0.3) is 5.69 Å². The number of nitrogens with zero attached hydrogens (tertiary/aromatic N) is 3. The monoisotopic (exact) mass is 455 g/mol. The lowest BCUT2D eigenvalue weighted by Gasteiger charge is -2.04. The predicted molar refractivity (Wildman–Crippen MR) is 136 cm³/mol. The first-order valence-electron chi connectivity index (χ1n) is 13.4. The highest BCUT2D eigenvalue weighted by Gasteiger charge is 2.05. The van der Waals surface area contributed by atoms with E-state index in [4.69, 9.17) is 5.11 Å². The maximum Gasteiger partial charge on any atom is 0.303 e. The van der Waals surface area contributed by atoms with Crippen molar-refractivity contribution in [3.05, 3.63) is 41.7 Å². The van der Waals surface area contributed by atoms with Crippen molar-refractivity contribution in [3.63, 3.8) is 0 Å². The van der Waals surface area contributed by atoms with E-state index in [0.717, 1.165) is 30.6 Å². The molecular formula is C28H45N3O2. The number of hydrogen-bond acceptors (Lipinski definition) is 3. The van der Waals surface area contributed by atoms with Crippen LogP contribution in [0, 0.1) is 6.92 Å². The van der Waals surface area contributed by atoms with Gasteiger partial charge >= 0.3 is 5.97 Å². The molecule has 5 nitrogen and oxygen atoms in total. The maximum absolute atomic E-state index is 10.5. The van der Waals surface area contributed by atoms with Gasteiger partial charge in [0.25, 0.3) is 0 Å². The molecule has 0 aliphatic heterocycles. The molecule has 33 heavy (non-hydrogen) atoms. The van der Waals surface area contributed by atoms with Gasteiger partial charge in [0.1, 0.15) is 0 Å². The van der Waals surface area contributed by atoms with Gasteiger partial charge in [-0.15, -0.1) is 5.10 Å². The van der Waals surface area contributed by atoms with Crippen molar-refractivity contribution in [2.24, 2.45) is 0 Å². The highest BCUT2D eigenvalue weighted by atomic mass is 16.4. The van der Waals surface area contributed by atoms with E-state index < -0.39 is 5.97 Å². The molecule has 2 aromatic rings. The zero-order valence-electron chi connectivity index (χ0n) is 20.8. The average molecular weight is 456 g/mol. The van der Waals surface area contributed by atoms with Crippen molar-refractivity contribution < 1.29 is 9.90 Å². The molecule has 0 saturated heterocycles. The van der Waals surface area contributed by atoms with Gasteiger partial charge in [-0.25, -0.2) is 4.68 Å². The molecule has 0 amide bonds. The van der Waals surface area contributed by atoms with E-state index in [1.807, 2.05) is 10.7 Å². The molecular weight excluding hydrogens is 410 g/mol. The first kappa shape index (κ1) is 27.1. The molecule has 1 aromatic carbocycles. The smallest absolute Gasteiger partial charge is 0.303 e. The first-order chi connectivity index (χ1) is 16.2. The number of aryl methyl sites for hydroxylation is 2. The number of carboxylic acid groups (broad SMARTS) is 1. The van der Waals surface area contributed by atoms with Gasteiger partial charge in [-0.05, 0) is 37.8 Å². The molecule has 0 saturated carbocycles. The summed E-state index contributed by atoms with van der Waals surface area (Å²) in [6.45, 7) is 2.11. The lowest BCUT2D eigenvalue weighted by atomic mass is 10.0. The third-order valence-corrected chi connectivity index (χ3v) is 6.48. The summed E-state index contributed by atoms with van der Waals surface area (Å²) in [6, 6.07) is 8.29. The molecule has 0 spiro atoms.